The van der Waals surface area contributed by atoms with E-state index in [4.69, 9.17) is 0 Å². The normalized spacial score (nSPS) is 11.1. The first-order valence-electron chi connectivity index (χ1n) is 9.94. The molecule has 4 aromatic carbocycles. The minimum Gasteiger partial charge on any atom is -1.00 e. The van der Waals surface area contributed by atoms with Crippen LogP contribution in [-0.4, -0.2) is 0 Å². The molecule has 5 aromatic rings. The van der Waals surface area contributed by atoms with Crippen molar-refractivity contribution in [2.75, 3.05) is 0 Å². The van der Waals surface area contributed by atoms with Gasteiger partial charge >= 0.3 is 0 Å². The van der Waals surface area contributed by atoms with Crippen LogP contribution in [0.5, 0.6) is 0 Å². The maximum Gasteiger partial charge on any atom is 0.213 e. The number of hydrogen-bond acceptors (Lipinski definition) is 0. The highest BCUT2D eigenvalue weighted by Gasteiger charge is 2.15. The number of benzene rings is 4. The molecular weight excluding hydrogens is 477 g/mol. The number of halogens is 1. The molecular formula is C28H22IN. The average Bonchev–Trinajstić information content (AvgIpc) is 2.80. The Morgan fingerprint density at radius 1 is 0.533 bits per heavy atom. The lowest BCUT2D eigenvalue weighted by molar-refractivity contribution is -0.617. The van der Waals surface area contributed by atoms with E-state index < -0.39 is 0 Å². The van der Waals surface area contributed by atoms with Gasteiger partial charge in [0.2, 0.25) is 11.0 Å². The fourth-order valence-electron chi connectivity index (χ4n) is 4.04. The number of aromatic nitrogens is 1. The van der Waals surface area contributed by atoms with Gasteiger partial charge in [0.25, 0.3) is 0 Å². The fourth-order valence-corrected chi connectivity index (χ4v) is 4.04. The Balaban J connectivity index is 0.00000218. The van der Waals surface area contributed by atoms with Gasteiger partial charge in [0, 0.05) is 17.7 Å². The van der Waals surface area contributed by atoms with Crippen molar-refractivity contribution >= 4 is 34.0 Å². The molecule has 0 radical (unpaired) electrons. The van der Waals surface area contributed by atoms with Gasteiger partial charge in [-0.25, -0.2) is 0 Å². The summed E-state index contributed by atoms with van der Waals surface area (Å²) in [6.07, 6.45) is 4.46. The number of para-hydroxylation sites is 2. The third-order valence-electron chi connectivity index (χ3n) is 5.57. The maximum atomic E-state index is 2.27. The molecule has 2 heteroatoms. The van der Waals surface area contributed by atoms with Crippen molar-refractivity contribution in [3.63, 3.8) is 0 Å². The topological polar surface area (TPSA) is 3.88 Å². The smallest absolute Gasteiger partial charge is 0.213 e. The van der Waals surface area contributed by atoms with Gasteiger partial charge in [-0.2, -0.15) is 4.57 Å². The lowest BCUT2D eigenvalue weighted by Gasteiger charge is -2.07. The van der Waals surface area contributed by atoms with Crippen LogP contribution in [0.3, 0.4) is 0 Å². The highest BCUT2D eigenvalue weighted by Crippen LogP contribution is 2.27. The average molecular weight is 499 g/mol. The van der Waals surface area contributed by atoms with Crippen molar-refractivity contribution in [3.8, 4) is 11.1 Å². The van der Waals surface area contributed by atoms with Crippen LogP contribution < -0.4 is 28.5 Å². The SMILES string of the molecule is C[n+]1c2ccccc2c(/C=C/c2ccc(-c3ccccc3)cc2)c2ccccc21.[I-]. The van der Waals surface area contributed by atoms with Gasteiger partial charge in [0.1, 0.15) is 7.05 Å². The molecule has 1 nitrogen and oxygen atoms in total. The summed E-state index contributed by atoms with van der Waals surface area (Å²) >= 11 is 0. The Morgan fingerprint density at radius 2 is 1.03 bits per heavy atom. The quantitative estimate of drug-likeness (QED) is 0.203. The van der Waals surface area contributed by atoms with Crippen molar-refractivity contribution in [1.82, 2.24) is 0 Å². The van der Waals surface area contributed by atoms with E-state index in [1.165, 1.54) is 44.1 Å². The number of pyridine rings is 1. The number of fused-ring (bicyclic) bond motifs is 2. The van der Waals surface area contributed by atoms with Crippen LogP contribution in [0.25, 0.3) is 45.1 Å². The van der Waals surface area contributed by atoms with Gasteiger partial charge in [-0.3, -0.25) is 0 Å². The zero-order valence-corrected chi connectivity index (χ0v) is 19.0. The van der Waals surface area contributed by atoms with E-state index in [1.54, 1.807) is 0 Å². The molecule has 0 aliphatic carbocycles. The minimum absolute atomic E-state index is 0. The van der Waals surface area contributed by atoms with Crippen molar-refractivity contribution in [3.05, 3.63) is 114 Å². The van der Waals surface area contributed by atoms with Gasteiger partial charge < -0.3 is 24.0 Å². The molecule has 5 rings (SSSR count). The van der Waals surface area contributed by atoms with E-state index in [9.17, 15) is 0 Å². The largest absolute Gasteiger partial charge is 1.00 e. The summed E-state index contributed by atoms with van der Waals surface area (Å²) in [5, 5.41) is 2.54. The Bertz CT molecular complexity index is 1280. The first-order valence-corrected chi connectivity index (χ1v) is 9.94. The van der Waals surface area contributed by atoms with Crippen molar-refractivity contribution in [2.45, 2.75) is 0 Å². The molecule has 0 aliphatic heterocycles. The molecule has 0 atom stereocenters. The molecule has 146 valence electrons. The van der Waals surface area contributed by atoms with E-state index >= 15 is 0 Å². The Hall–Kier alpha value is -2.98. The van der Waals surface area contributed by atoms with E-state index in [0.717, 1.165) is 0 Å². The summed E-state index contributed by atoms with van der Waals surface area (Å²) < 4.78 is 2.27. The molecule has 0 amide bonds. The van der Waals surface area contributed by atoms with Crippen LogP contribution >= 0.6 is 0 Å². The molecule has 0 N–H and O–H groups in total. The predicted molar refractivity (Wildman–Crippen MR) is 123 cm³/mol. The standard InChI is InChI=1S/C28H22N.HI/c1-29-27-13-7-5-11-25(27)24(26-12-6-8-14-28(26)29)20-17-21-15-18-23(19-16-21)22-9-3-2-4-10-22;/h2-20H,1H3;1H/q+1;/p-1/b20-17+;. The third-order valence-corrected chi connectivity index (χ3v) is 5.57. The van der Waals surface area contributed by atoms with Gasteiger partial charge in [-0.1, -0.05) is 91.0 Å². The van der Waals surface area contributed by atoms with E-state index in [0.29, 0.717) is 0 Å². The monoisotopic (exact) mass is 499 g/mol. The van der Waals surface area contributed by atoms with Gasteiger partial charge in [-0.05, 0) is 28.8 Å². The Morgan fingerprint density at radius 3 is 1.63 bits per heavy atom. The molecule has 0 bridgehead atoms. The zero-order valence-electron chi connectivity index (χ0n) is 16.8. The van der Waals surface area contributed by atoms with Crippen molar-refractivity contribution in [1.29, 1.82) is 0 Å². The minimum atomic E-state index is 0. The van der Waals surface area contributed by atoms with Crippen LogP contribution in [0.4, 0.5) is 0 Å². The highest BCUT2D eigenvalue weighted by atomic mass is 127. The molecule has 0 aliphatic rings. The summed E-state index contributed by atoms with van der Waals surface area (Å²) in [6, 6.07) is 36.5. The molecule has 1 aromatic heterocycles. The summed E-state index contributed by atoms with van der Waals surface area (Å²) in [6.45, 7) is 0. The summed E-state index contributed by atoms with van der Waals surface area (Å²) in [4.78, 5) is 0. The Kier molecular flexibility index (Phi) is 5.96. The van der Waals surface area contributed by atoms with Gasteiger partial charge in [0.05, 0.1) is 10.8 Å². The second-order valence-electron chi connectivity index (χ2n) is 7.33. The molecule has 0 saturated heterocycles. The summed E-state index contributed by atoms with van der Waals surface area (Å²) in [5.41, 5.74) is 7.43. The molecule has 0 saturated carbocycles. The van der Waals surface area contributed by atoms with Crippen LogP contribution in [0.15, 0.2) is 103 Å². The summed E-state index contributed by atoms with van der Waals surface area (Å²) in [5.74, 6) is 0. The third kappa shape index (κ3) is 3.75. The number of hydrogen-bond donors (Lipinski definition) is 0. The molecule has 30 heavy (non-hydrogen) atoms. The summed E-state index contributed by atoms with van der Waals surface area (Å²) in [7, 11) is 2.14. The highest BCUT2D eigenvalue weighted by molar-refractivity contribution is 6.01. The van der Waals surface area contributed by atoms with Crippen LogP contribution in [0, 0.1) is 0 Å². The molecule has 1 heterocycles. The fraction of sp³-hybridized carbons (Fsp3) is 0.0357. The molecule has 0 fully saturated rings. The second kappa shape index (κ2) is 8.80. The van der Waals surface area contributed by atoms with E-state index in [2.05, 4.69) is 127 Å². The van der Waals surface area contributed by atoms with Crippen LogP contribution in [0.2, 0.25) is 0 Å². The van der Waals surface area contributed by atoms with Crippen molar-refractivity contribution < 1.29 is 28.5 Å². The van der Waals surface area contributed by atoms with Crippen LogP contribution in [0.1, 0.15) is 11.1 Å². The maximum absolute atomic E-state index is 2.27. The number of rotatable bonds is 3. The first kappa shape index (κ1) is 20.3. The molecule has 0 unspecified atom stereocenters. The van der Waals surface area contributed by atoms with Crippen LogP contribution in [-0.2, 0) is 7.05 Å². The second-order valence-corrected chi connectivity index (χ2v) is 7.33. The van der Waals surface area contributed by atoms with E-state index in [-0.39, 0.29) is 24.0 Å². The zero-order chi connectivity index (χ0) is 19.6. The first-order chi connectivity index (χ1) is 14.3. The van der Waals surface area contributed by atoms with Gasteiger partial charge in [-0.15, -0.1) is 0 Å². The predicted octanol–water partition coefficient (Wildman–Crippen LogP) is 3.66. The Labute approximate surface area is 194 Å². The lowest BCUT2D eigenvalue weighted by Crippen LogP contribution is -3.00. The van der Waals surface area contributed by atoms with Gasteiger partial charge in [0.15, 0.2) is 0 Å². The number of nitrogens with zero attached hydrogens (tertiary/aromatic N) is 1. The lowest BCUT2D eigenvalue weighted by atomic mass is 10.00. The molecule has 0 spiro atoms. The number of aryl methyl sites for hydroxylation is 1. The van der Waals surface area contributed by atoms with Crippen molar-refractivity contribution in [2.24, 2.45) is 7.05 Å². The van der Waals surface area contributed by atoms with E-state index in [1.807, 2.05) is 0 Å².